The first-order chi connectivity index (χ1) is 8.68. The van der Waals surface area contributed by atoms with E-state index in [1.54, 1.807) is 6.92 Å². The Morgan fingerprint density at radius 2 is 2.05 bits per heavy atom. The fraction of sp³-hybridized carbons (Fsp3) is 0.300. The number of esters is 1. The molecular weight excluding hydrogens is 298 g/mol. The topological polar surface area (TPSA) is 104 Å². The summed E-state index contributed by atoms with van der Waals surface area (Å²) in [7, 11) is -3.80. The van der Waals surface area contributed by atoms with Crippen LogP contribution < -0.4 is 0 Å². The molecule has 0 spiro atoms. The molecule has 0 bridgehead atoms. The Hall–Kier alpha value is -1.67. The Morgan fingerprint density at radius 1 is 1.47 bits per heavy atom. The molecule has 0 aromatic heterocycles. The van der Waals surface area contributed by atoms with Gasteiger partial charge in [-0.05, 0) is 13.0 Å². The molecule has 1 aromatic rings. The minimum atomic E-state index is -3.80. The first-order valence-electron chi connectivity index (χ1n) is 5.03. The highest BCUT2D eigenvalue weighted by Crippen LogP contribution is 2.32. The van der Waals surface area contributed by atoms with Crippen LogP contribution in [0.2, 0.25) is 5.02 Å². The Labute approximate surface area is 114 Å². The Kier molecular flexibility index (Phi) is 4.48. The van der Waals surface area contributed by atoms with Crippen molar-refractivity contribution in [2.24, 2.45) is 0 Å². The van der Waals surface area contributed by atoms with Crippen molar-refractivity contribution in [2.45, 2.75) is 11.8 Å². The van der Waals surface area contributed by atoms with E-state index in [2.05, 4.69) is 4.74 Å². The molecule has 1 aromatic carbocycles. The lowest BCUT2D eigenvalue weighted by Gasteiger charge is -2.06. The summed E-state index contributed by atoms with van der Waals surface area (Å²) in [5.41, 5.74) is -0.897. The van der Waals surface area contributed by atoms with E-state index in [9.17, 15) is 23.3 Å². The summed E-state index contributed by atoms with van der Waals surface area (Å²) in [4.78, 5) is 21.0. The minimum Gasteiger partial charge on any atom is -0.462 e. The molecule has 0 aliphatic heterocycles. The summed E-state index contributed by atoms with van der Waals surface area (Å²) in [5, 5.41) is 10.3. The molecule has 0 unspecified atom stereocenters. The molecule has 0 N–H and O–H groups in total. The van der Waals surface area contributed by atoms with Gasteiger partial charge >= 0.3 is 5.97 Å². The Balaban J connectivity index is 3.58. The van der Waals surface area contributed by atoms with Gasteiger partial charge in [-0.3, -0.25) is 10.1 Å². The fourth-order valence-electron chi connectivity index (χ4n) is 1.32. The third-order valence-electron chi connectivity index (χ3n) is 2.13. The number of ether oxygens (including phenoxy) is 1. The van der Waals surface area contributed by atoms with E-state index >= 15 is 0 Å². The number of hydrogen-bond acceptors (Lipinski definition) is 6. The molecule has 7 nitrogen and oxygen atoms in total. The highest BCUT2D eigenvalue weighted by Gasteiger charge is 2.25. The van der Waals surface area contributed by atoms with Crippen LogP contribution in [-0.4, -0.2) is 32.2 Å². The molecule has 19 heavy (non-hydrogen) atoms. The van der Waals surface area contributed by atoms with E-state index in [4.69, 9.17) is 11.6 Å². The highest BCUT2D eigenvalue weighted by molar-refractivity contribution is 7.90. The number of nitrogens with zero attached hydrogens (tertiary/aromatic N) is 1. The molecule has 104 valence electrons. The SMILES string of the molecule is CCOC(=O)c1cc([N+](=O)[O-])c(Cl)c(S(C)(=O)=O)c1. The number of sulfone groups is 1. The summed E-state index contributed by atoms with van der Waals surface area (Å²) in [6, 6.07) is 1.84. The second-order valence-electron chi connectivity index (χ2n) is 3.56. The van der Waals surface area contributed by atoms with E-state index < -0.39 is 36.3 Å². The van der Waals surface area contributed by atoms with Crippen molar-refractivity contribution in [3.8, 4) is 0 Å². The van der Waals surface area contributed by atoms with Gasteiger partial charge in [-0.2, -0.15) is 0 Å². The van der Waals surface area contributed by atoms with Gasteiger partial charge in [-0.15, -0.1) is 0 Å². The van der Waals surface area contributed by atoms with Crippen LogP contribution in [0.25, 0.3) is 0 Å². The summed E-state index contributed by atoms with van der Waals surface area (Å²) in [6.07, 6.45) is 0.840. The van der Waals surface area contributed by atoms with Gasteiger partial charge in [0, 0.05) is 12.3 Å². The predicted molar refractivity (Wildman–Crippen MR) is 67.2 cm³/mol. The zero-order valence-corrected chi connectivity index (χ0v) is 11.6. The van der Waals surface area contributed by atoms with Gasteiger partial charge in [0.1, 0.15) is 5.02 Å². The molecule has 1 rings (SSSR count). The zero-order valence-electron chi connectivity index (χ0n) is 10.0. The molecule has 0 radical (unpaired) electrons. The van der Waals surface area contributed by atoms with Crippen LogP contribution in [0, 0.1) is 10.1 Å². The first kappa shape index (κ1) is 15.4. The monoisotopic (exact) mass is 307 g/mol. The van der Waals surface area contributed by atoms with Crippen LogP contribution in [0.15, 0.2) is 17.0 Å². The number of rotatable bonds is 4. The van der Waals surface area contributed by atoms with Crippen molar-refractivity contribution in [1.82, 2.24) is 0 Å². The van der Waals surface area contributed by atoms with Crippen molar-refractivity contribution in [3.05, 3.63) is 32.8 Å². The molecule has 9 heteroatoms. The van der Waals surface area contributed by atoms with Gasteiger partial charge in [0.25, 0.3) is 5.69 Å². The van der Waals surface area contributed by atoms with Crippen molar-refractivity contribution >= 4 is 33.1 Å². The first-order valence-corrected chi connectivity index (χ1v) is 7.30. The Bertz CT molecular complexity index is 640. The number of nitro benzene ring substituents is 1. The van der Waals surface area contributed by atoms with Crippen molar-refractivity contribution in [1.29, 1.82) is 0 Å². The van der Waals surface area contributed by atoms with Gasteiger partial charge in [0.15, 0.2) is 9.84 Å². The summed E-state index contributed by atoms with van der Waals surface area (Å²) in [5.74, 6) is -0.854. The van der Waals surface area contributed by atoms with Gasteiger partial charge in [-0.25, -0.2) is 13.2 Å². The third kappa shape index (κ3) is 3.42. The lowest BCUT2D eigenvalue weighted by atomic mass is 10.2. The summed E-state index contributed by atoms with van der Waals surface area (Å²) >= 11 is 5.67. The maximum Gasteiger partial charge on any atom is 0.338 e. The van der Waals surface area contributed by atoms with Crippen LogP contribution in [0.4, 0.5) is 5.69 Å². The highest BCUT2D eigenvalue weighted by atomic mass is 35.5. The van der Waals surface area contributed by atoms with E-state index in [1.165, 1.54) is 0 Å². The maximum atomic E-state index is 11.5. The number of hydrogen-bond donors (Lipinski definition) is 0. The van der Waals surface area contributed by atoms with E-state index in [0.717, 1.165) is 18.4 Å². The molecule has 0 atom stereocenters. The molecule has 0 saturated heterocycles. The van der Waals surface area contributed by atoms with Gasteiger partial charge in [-0.1, -0.05) is 11.6 Å². The smallest absolute Gasteiger partial charge is 0.338 e. The molecule has 0 saturated carbocycles. The van der Waals surface area contributed by atoms with E-state index in [-0.39, 0.29) is 12.2 Å². The van der Waals surface area contributed by atoms with Gasteiger partial charge in [0.05, 0.1) is 22.0 Å². The number of carbonyl (C=O) groups is 1. The summed E-state index contributed by atoms with van der Waals surface area (Å²) in [6.45, 7) is 1.61. The molecule has 0 aliphatic carbocycles. The largest absolute Gasteiger partial charge is 0.462 e. The van der Waals surface area contributed by atoms with Gasteiger partial charge in [0.2, 0.25) is 0 Å². The predicted octanol–water partition coefficient (Wildman–Crippen LogP) is 1.83. The molecule has 0 aliphatic rings. The average Bonchev–Trinajstić information content (AvgIpc) is 2.27. The molecule has 0 fully saturated rings. The summed E-state index contributed by atoms with van der Waals surface area (Å²) < 4.78 is 27.7. The number of nitro groups is 1. The minimum absolute atomic E-state index is 0.0590. The number of carbonyl (C=O) groups excluding carboxylic acids is 1. The third-order valence-corrected chi connectivity index (χ3v) is 3.76. The molecule has 0 amide bonds. The lowest BCUT2D eigenvalue weighted by molar-refractivity contribution is -0.384. The van der Waals surface area contributed by atoms with Crippen LogP contribution in [0.1, 0.15) is 17.3 Å². The normalized spacial score (nSPS) is 11.1. The second kappa shape index (κ2) is 5.54. The standard InChI is InChI=1S/C10H10ClNO6S/c1-3-18-10(13)6-4-7(12(14)15)9(11)8(5-6)19(2,16)17/h4-5H,3H2,1-2H3. The van der Waals surface area contributed by atoms with E-state index in [1.807, 2.05) is 0 Å². The van der Waals surface area contributed by atoms with Crippen molar-refractivity contribution < 1.29 is 22.9 Å². The van der Waals surface area contributed by atoms with Crippen LogP contribution in [-0.2, 0) is 14.6 Å². The van der Waals surface area contributed by atoms with E-state index in [0.29, 0.717) is 0 Å². The second-order valence-corrected chi connectivity index (χ2v) is 5.92. The van der Waals surface area contributed by atoms with Gasteiger partial charge < -0.3 is 4.74 Å². The van der Waals surface area contributed by atoms with Crippen molar-refractivity contribution in [3.63, 3.8) is 0 Å². The molecular formula is C10H10ClNO6S. The number of benzene rings is 1. The maximum absolute atomic E-state index is 11.5. The fourth-order valence-corrected chi connectivity index (χ4v) is 2.69. The van der Waals surface area contributed by atoms with Crippen LogP contribution >= 0.6 is 11.6 Å². The van der Waals surface area contributed by atoms with Crippen LogP contribution in [0.5, 0.6) is 0 Å². The quantitative estimate of drug-likeness (QED) is 0.477. The molecule has 0 heterocycles. The van der Waals surface area contributed by atoms with Crippen LogP contribution in [0.3, 0.4) is 0 Å². The number of halogens is 1. The Morgan fingerprint density at radius 3 is 2.47 bits per heavy atom. The van der Waals surface area contributed by atoms with Crippen molar-refractivity contribution in [2.75, 3.05) is 12.9 Å². The lowest BCUT2D eigenvalue weighted by Crippen LogP contribution is -2.09. The average molecular weight is 308 g/mol. The zero-order chi connectivity index (χ0) is 14.8.